The van der Waals surface area contributed by atoms with Crippen molar-refractivity contribution in [2.24, 2.45) is 11.5 Å². The molecule has 0 saturated carbocycles. The molecule has 3 rings (SSSR count). The fourth-order valence-corrected chi connectivity index (χ4v) is 2.93. The van der Waals surface area contributed by atoms with E-state index in [4.69, 9.17) is 16.9 Å². The highest BCUT2D eigenvalue weighted by Gasteiger charge is 2.22. The van der Waals surface area contributed by atoms with E-state index in [1.165, 1.54) is 24.7 Å². The van der Waals surface area contributed by atoms with Crippen molar-refractivity contribution >= 4 is 11.7 Å². The largest absolute Gasteiger partial charge is 0.403 e. The summed E-state index contributed by atoms with van der Waals surface area (Å²) in [6.45, 7) is 1.24. The van der Waals surface area contributed by atoms with Crippen molar-refractivity contribution in [3.8, 4) is 11.3 Å². The predicted molar refractivity (Wildman–Crippen MR) is 104 cm³/mol. The number of piperidine rings is 1. The van der Waals surface area contributed by atoms with Crippen LogP contribution in [0.1, 0.15) is 23.3 Å². The van der Waals surface area contributed by atoms with Crippen LogP contribution in [0.3, 0.4) is 0 Å². The normalized spacial score (nSPS) is 15.4. The van der Waals surface area contributed by atoms with Crippen molar-refractivity contribution in [2.45, 2.75) is 18.9 Å². The molecule has 1 aromatic heterocycles. The zero-order valence-electron chi connectivity index (χ0n) is 15.2. The lowest BCUT2D eigenvalue weighted by atomic mass is 10.1. The molecular weight excluding hydrogens is 361 g/mol. The molecule has 8 nitrogen and oxygen atoms in total. The number of aromatic nitrogens is 2. The van der Waals surface area contributed by atoms with Gasteiger partial charge in [-0.15, -0.1) is 0 Å². The summed E-state index contributed by atoms with van der Waals surface area (Å²) in [7, 11) is 0. The molecule has 1 aromatic carbocycles. The van der Waals surface area contributed by atoms with Crippen LogP contribution >= 0.6 is 0 Å². The van der Waals surface area contributed by atoms with Gasteiger partial charge in [-0.05, 0) is 25.0 Å². The molecule has 0 atom stereocenters. The Balaban J connectivity index is 1.74. The molecule has 0 aliphatic carbocycles. The van der Waals surface area contributed by atoms with E-state index in [9.17, 15) is 9.18 Å². The second-order valence-corrected chi connectivity index (χ2v) is 6.48. The zero-order valence-corrected chi connectivity index (χ0v) is 15.2. The minimum Gasteiger partial charge on any atom is -0.403 e. The first kappa shape index (κ1) is 19.4. The number of halogens is 1. The first-order valence-corrected chi connectivity index (χ1v) is 8.89. The van der Waals surface area contributed by atoms with E-state index >= 15 is 0 Å². The monoisotopic (exact) mass is 383 g/mol. The van der Waals surface area contributed by atoms with Gasteiger partial charge < -0.3 is 21.7 Å². The fourth-order valence-electron chi connectivity index (χ4n) is 2.93. The van der Waals surface area contributed by atoms with E-state index < -0.39 is 11.7 Å². The number of likely N-dealkylation sites (tertiary alicyclic amines) is 1. The Labute approximate surface area is 162 Å². The van der Waals surface area contributed by atoms with Gasteiger partial charge in [-0.3, -0.25) is 15.2 Å². The van der Waals surface area contributed by atoms with Gasteiger partial charge in [0.15, 0.2) is 0 Å². The summed E-state index contributed by atoms with van der Waals surface area (Å²) in [6, 6.07) is 6.24. The van der Waals surface area contributed by atoms with Gasteiger partial charge in [-0.25, -0.2) is 9.37 Å². The van der Waals surface area contributed by atoms with Crippen molar-refractivity contribution < 1.29 is 9.18 Å². The third-order valence-corrected chi connectivity index (χ3v) is 4.54. The molecule has 0 unspecified atom stereocenters. The molecule has 1 fully saturated rings. The molecule has 1 aliphatic heterocycles. The molecule has 0 radical (unpaired) electrons. The average molecular weight is 383 g/mol. The number of amides is 1. The highest BCUT2D eigenvalue weighted by atomic mass is 19.1. The molecule has 0 bridgehead atoms. The number of hydrogen-bond donors (Lipinski definition) is 4. The number of carbonyl (C=O) groups excluding carboxylic acids is 1. The van der Waals surface area contributed by atoms with Crippen molar-refractivity contribution in [3.63, 3.8) is 0 Å². The molecule has 1 aliphatic rings. The van der Waals surface area contributed by atoms with Crippen LogP contribution in [0.2, 0.25) is 0 Å². The molecular formula is C19H22FN7O. The molecule has 1 amide bonds. The Morgan fingerprint density at radius 3 is 2.68 bits per heavy atom. The van der Waals surface area contributed by atoms with Gasteiger partial charge in [0.05, 0.1) is 23.8 Å². The first-order chi connectivity index (χ1) is 13.5. The number of nitrogens with one attached hydrogen (secondary N) is 2. The van der Waals surface area contributed by atoms with Gasteiger partial charge >= 0.3 is 0 Å². The number of amidine groups is 1. The van der Waals surface area contributed by atoms with E-state index in [0.717, 1.165) is 12.8 Å². The van der Waals surface area contributed by atoms with Crippen LogP contribution in [0.25, 0.3) is 11.3 Å². The molecule has 0 spiro atoms. The number of carbonyl (C=O) groups is 1. The lowest BCUT2D eigenvalue weighted by Gasteiger charge is -2.32. The maximum atomic E-state index is 14.0. The van der Waals surface area contributed by atoms with Crippen LogP contribution in [0.4, 0.5) is 4.39 Å². The fraction of sp³-hybridized carbons (Fsp3) is 0.263. The standard InChI is InChI=1S/C19H22FN7O/c20-14-4-2-1-3-13(14)16-10-24-11-17(25-16)19(28)26-15(9-21)18(23)27-7-5-12(22)6-8-27/h1-4,9-12,23H,5-8,21-22H2,(H,26,28)/b15-9+,23-18?. The second kappa shape index (κ2) is 8.57. The van der Waals surface area contributed by atoms with E-state index in [2.05, 4.69) is 15.3 Å². The average Bonchev–Trinajstić information content (AvgIpc) is 2.72. The Kier molecular flexibility index (Phi) is 5.95. The number of rotatable bonds is 4. The van der Waals surface area contributed by atoms with Crippen LogP contribution in [-0.2, 0) is 0 Å². The molecule has 2 heterocycles. The van der Waals surface area contributed by atoms with E-state index in [0.29, 0.717) is 13.1 Å². The number of nitrogens with zero attached hydrogens (tertiary/aromatic N) is 3. The van der Waals surface area contributed by atoms with Gasteiger partial charge in [0, 0.05) is 30.9 Å². The van der Waals surface area contributed by atoms with Gasteiger partial charge in [0.25, 0.3) is 5.91 Å². The van der Waals surface area contributed by atoms with E-state index in [1.54, 1.807) is 18.2 Å². The molecule has 9 heteroatoms. The summed E-state index contributed by atoms with van der Waals surface area (Å²) >= 11 is 0. The SMILES string of the molecule is N=C(/C(=C\N)NC(=O)c1cncc(-c2ccccc2F)n1)N1CCC(N)CC1. The summed E-state index contributed by atoms with van der Waals surface area (Å²) < 4.78 is 14.0. The van der Waals surface area contributed by atoms with E-state index in [-0.39, 0.29) is 34.5 Å². The van der Waals surface area contributed by atoms with Gasteiger partial charge in [-0.1, -0.05) is 12.1 Å². The first-order valence-electron chi connectivity index (χ1n) is 8.89. The smallest absolute Gasteiger partial charge is 0.276 e. The summed E-state index contributed by atoms with van der Waals surface area (Å²) in [5.41, 5.74) is 12.2. The number of benzene rings is 1. The van der Waals surface area contributed by atoms with E-state index in [1.807, 2.05) is 4.90 Å². The molecule has 146 valence electrons. The minimum atomic E-state index is -0.583. The highest BCUT2D eigenvalue weighted by molar-refractivity contribution is 6.03. The lowest BCUT2D eigenvalue weighted by molar-refractivity contribution is 0.0961. The van der Waals surface area contributed by atoms with Gasteiger partial charge in [0.1, 0.15) is 17.3 Å². The summed E-state index contributed by atoms with van der Waals surface area (Å²) in [6.07, 6.45) is 5.36. The third kappa shape index (κ3) is 4.32. The maximum absolute atomic E-state index is 14.0. The number of nitrogens with two attached hydrogens (primary N) is 2. The van der Waals surface area contributed by atoms with Crippen LogP contribution in [-0.4, -0.2) is 45.7 Å². The summed E-state index contributed by atoms with van der Waals surface area (Å²) in [5, 5.41) is 10.9. The Morgan fingerprint density at radius 1 is 1.29 bits per heavy atom. The zero-order chi connectivity index (χ0) is 20.1. The predicted octanol–water partition coefficient (Wildman–Crippen LogP) is 1.21. The van der Waals surface area contributed by atoms with Crippen LogP contribution in [0.5, 0.6) is 0 Å². The molecule has 2 aromatic rings. The molecule has 1 saturated heterocycles. The highest BCUT2D eigenvalue weighted by Crippen LogP contribution is 2.19. The van der Waals surface area contributed by atoms with Gasteiger partial charge in [0.2, 0.25) is 0 Å². The molecule has 6 N–H and O–H groups in total. The number of hydrogen-bond acceptors (Lipinski definition) is 6. The van der Waals surface area contributed by atoms with Crippen LogP contribution in [0, 0.1) is 11.2 Å². The Morgan fingerprint density at radius 2 is 2.00 bits per heavy atom. The lowest BCUT2D eigenvalue weighted by Crippen LogP contribution is -2.45. The van der Waals surface area contributed by atoms with Crippen molar-refractivity contribution in [1.29, 1.82) is 5.41 Å². The summed E-state index contributed by atoms with van der Waals surface area (Å²) in [5.74, 6) is -0.927. The van der Waals surface area contributed by atoms with Crippen LogP contribution < -0.4 is 16.8 Å². The maximum Gasteiger partial charge on any atom is 0.276 e. The Hall–Kier alpha value is -3.33. The molecule has 28 heavy (non-hydrogen) atoms. The Bertz CT molecular complexity index is 907. The quantitative estimate of drug-likeness (QED) is 0.463. The van der Waals surface area contributed by atoms with Crippen molar-refractivity contribution in [2.75, 3.05) is 13.1 Å². The minimum absolute atomic E-state index is 0.00595. The topological polar surface area (TPSA) is 134 Å². The van der Waals surface area contributed by atoms with Crippen LogP contribution in [0.15, 0.2) is 48.6 Å². The second-order valence-electron chi connectivity index (χ2n) is 6.48. The third-order valence-electron chi connectivity index (χ3n) is 4.54. The van der Waals surface area contributed by atoms with Gasteiger partial charge in [-0.2, -0.15) is 0 Å². The van der Waals surface area contributed by atoms with Crippen molar-refractivity contribution in [3.05, 3.63) is 60.1 Å². The summed E-state index contributed by atoms with van der Waals surface area (Å²) in [4.78, 5) is 22.6. The van der Waals surface area contributed by atoms with Crippen molar-refractivity contribution in [1.82, 2.24) is 20.2 Å².